The molecule has 24 heavy (non-hydrogen) atoms. The molecule has 7 heteroatoms. The maximum absolute atomic E-state index is 13.1. The highest BCUT2D eigenvalue weighted by atomic mass is 19.4. The summed E-state index contributed by atoms with van der Waals surface area (Å²) < 4.78 is 44.8. The molecule has 2 aromatic rings. The highest BCUT2D eigenvalue weighted by molar-refractivity contribution is 5.69. The maximum Gasteiger partial charge on any atom is 0.417 e. The van der Waals surface area contributed by atoms with Crippen LogP contribution in [0.3, 0.4) is 0 Å². The van der Waals surface area contributed by atoms with E-state index in [2.05, 4.69) is 0 Å². The molecule has 1 heterocycles. The number of carboxylic acids is 1. The van der Waals surface area contributed by atoms with Gasteiger partial charge in [0.05, 0.1) is 18.7 Å². The zero-order chi connectivity index (χ0) is 17.3. The molecule has 0 spiro atoms. The predicted octanol–water partition coefficient (Wildman–Crippen LogP) is 4.01. The lowest BCUT2D eigenvalue weighted by molar-refractivity contribution is -0.139. The third-order valence-corrected chi connectivity index (χ3v) is 3.92. The Hall–Kier alpha value is -2.28. The normalized spacial score (nSPS) is 15.0. The van der Waals surface area contributed by atoms with Crippen LogP contribution in [0.4, 0.5) is 13.2 Å². The van der Waals surface area contributed by atoms with Gasteiger partial charge >= 0.3 is 12.1 Å². The molecule has 0 radical (unpaired) electrons. The topological polar surface area (TPSA) is 53.7 Å². The minimum absolute atomic E-state index is 0.0209. The number of rotatable bonds is 6. The molecule has 0 atom stereocenters. The van der Waals surface area contributed by atoms with Gasteiger partial charge in [-0.15, -0.1) is 0 Å². The molecule has 1 fully saturated rings. The number of carboxylic acid groups (broad SMARTS) is 1. The van der Waals surface area contributed by atoms with E-state index in [1.807, 2.05) is 0 Å². The molecule has 1 saturated carbocycles. The van der Waals surface area contributed by atoms with E-state index in [0.29, 0.717) is 5.76 Å². The van der Waals surface area contributed by atoms with Crippen molar-refractivity contribution < 1.29 is 27.5 Å². The van der Waals surface area contributed by atoms with E-state index in [0.717, 1.165) is 18.9 Å². The zero-order valence-electron chi connectivity index (χ0n) is 12.7. The summed E-state index contributed by atoms with van der Waals surface area (Å²) in [6.45, 7) is 0.158. The fraction of sp³-hybridized carbons (Fsp3) is 0.353. The van der Waals surface area contributed by atoms with Crippen molar-refractivity contribution in [2.75, 3.05) is 6.54 Å². The summed E-state index contributed by atoms with van der Waals surface area (Å²) in [5, 5.41) is 8.95. The Morgan fingerprint density at radius 3 is 2.54 bits per heavy atom. The SMILES string of the molecule is O=C(O)CN(Cc1ccc(-c2ccccc2C(F)(F)F)o1)C1CC1. The van der Waals surface area contributed by atoms with E-state index >= 15 is 0 Å². The molecule has 0 saturated heterocycles. The van der Waals surface area contributed by atoms with Gasteiger partial charge in [-0.2, -0.15) is 13.2 Å². The van der Waals surface area contributed by atoms with Crippen LogP contribution in [0.5, 0.6) is 0 Å². The van der Waals surface area contributed by atoms with Gasteiger partial charge in [-0.1, -0.05) is 18.2 Å². The summed E-state index contributed by atoms with van der Waals surface area (Å²) in [6.07, 6.45) is -2.61. The molecule has 0 unspecified atom stereocenters. The van der Waals surface area contributed by atoms with E-state index in [-0.39, 0.29) is 30.5 Å². The number of hydrogen-bond donors (Lipinski definition) is 1. The van der Waals surface area contributed by atoms with E-state index < -0.39 is 17.7 Å². The fourth-order valence-corrected chi connectivity index (χ4v) is 2.68. The Morgan fingerprint density at radius 1 is 1.21 bits per heavy atom. The summed E-state index contributed by atoms with van der Waals surface area (Å²) in [5.41, 5.74) is -0.775. The van der Waals surface area contributed by atoms with Crippen LogP contribution in [0.2, 0.25) is 0 Å². The zero-order valence-corrected chi connectivity index (χ0v) is 12.7. The molecule has 3 rings (SSSR count). The molecule has 1 aliphatic carbocycles. The van der Waals surface area contributed by atoms with Crippen molar-refractivity contribution in [1.82, 2.24) is 4.90 Å². The number of alkyl halides is 3. The maximum atomic E-state index is 13.1. The Balaban J connectivity index is 1.82. The Kier molecular flexibility index (Phi) is 4.36. The van der Waals surface area contributed by atoms with Crippen LogP contribution in [0.25, 0.3) is 11.3 Å². The lowest BCUT2D eigenvalue weighted by atomic mass is 10.1. The van der Waals surface area contributed by atoms with Crippen LogP contribution < -0.4 is 0 Å². The van der Waals surface area contributed by atoms with Crippen LogP contribution in [0.15, 0.2) is 40.8 Å². The first-order valence-electron chi connectivity index (χ1n) is 7.56. The number of hydrogen-bond acceptors (Lipinski definition) is 3. The molecule has 1 N–H and O–H groups in total. The number of carbonyl (C=O) groups is 1. The number of halogens is 3. The van der Waals surface area contributed by atoms with E-state index in [1.54, 1.807) is 11.0 Å². The lowest BCUT2D eigenvalue weighted by Gasteiger charge is -2.18. The number of furan rings is 1. The summed E-state index contributed by atoms with van der Waals surface area (Å²) in [6, 6.07) is 8.52. The minimum Gasteiger partial charge on any atom is -0.480 e. The van der Waals surface area contributed by atoms with Gasteiger partial charge in [0.2, 0.25) is 0 Å². The van der Waals surface area contributed by atoms with Crippen molar-refractivity contribution in [3.05, 3.63) is 47.7 Å². The first-order chi connectivity index (χ1) is 11.3. The quantitative estimate of drug-likeness (QED) is 0.864. The Morgan fingerprint density at radius 2 is 1.92 bits per heavy atom. The van der Waals surface area contributed by atoms with Gasteiger partial charge in [0, 0.05) is 11.6 Å². The molecular formula is C17H16F3NO3. The average molecular weight is 339 g/mol. The summed E-state index contributed by atoms with van der Waals surface area (Å²) in [7, 11) is 0. The van der Waals surface area contributed by atoms with Crippen LogP contribution in [-0.4, -0.2) is 28.6 Å². The molecule has 0 aliphatic heterocycles. The van der Waals surface area contributed by atoms with Crippen molar-refractivity contribution in [3.63, 3.8) is 0 Å². The molecule has 1 aliphatic rings. The number of aliphatic carboxylic acids is 1. The molecule has 128 valence electrons. The fourth-order valence-electron chi connectivity index (χ4n) is 2.68. The predicted molar refractivity (Wildman–Crippen MR) is 80.2 cm³/mol. The molecule has 1 aromatic heterocycles. The van der Waals surface area contributed by atoms with E-state index in [1.165, 1.54) is 24.3 Å². The first kappa shape index (κ1) is 16.6. The average Bonchev–Trinajstić information content (AvgIpc) is 3.25. The molecule has 4 nitrogen and oxygen atoms in total. The van der Waals surface area contributed by atoms with E-state index in [4.69, 9.17) is 9.52 Å². The summed E-state index contributed by atoms with van der Waals surface area (Å²) >= 11 is 0. The standard InChI is InChI=1S/C17H16F3NO3/c18-17(19,20)14-4-2-1-3-13(14)15-8-7-12(24-15)9-21(10-16(22)23)11-5-6-11/h1-4,7-8,11H,5-6,9-10H2,(H,22,23). The van der Waals surface area contributed by atoms with Gasteiger partial charge < -0.3 is 9.52 Å². The lowest BCUT2D eigenvalue weighted by Crippen LogP contribution is -2.31. The van der Waals surface area contributed by atoms with Gasteiger partial charge in [0.15, 0.2) is 0 Å². The molecule has 1 aromatic carbocycles. The highest BCUT2D eigenvalue weighted by Gasteiger charge is 2.34. The Bertz CT molecular complexity index is 735. The number of benzene rings is 1. The van der Waals surface area contributed by atoms with Crippen LogP contribution in [0, 0.1) is 0 Å². The molecule has 0 amide bonds. The van der Waals surface area contributed by atoms with Crippen molar-refractivity contribution in [2.24, 2.45) is 0 Å². The van der Waals surface area contributed by atoms with Gasteiger partial charge in [0.1, 0.15) is 11.5 Å². The summed E-state index contributed by atoms with van der Waals surface area (Å²) in [4.78, 5) is 12.7. The van der Waals surface area contributed by atoms with Crippen molar-refractivity contribution in [2.45, 2.75) is 31.6 Å². The monoisotopic (exact) mass is 339 g/mol. The summed E-state index contributed by atoms with van der Waals surface area (Å²) in [5.74, 6) is -0.352. The molecular weight excluding hydrogens is 323 g/mol. The second kappa shape index (κ2) is 6.32. The van der Waals surface area contributed by atoms with Crippen LogP contribution >= 0.6 is 0 Å². The van der Waals surface area contributed by atoms with Gasteiger partial charge in [-0.3, -0.25) is 9.69 Å². The Labute approximate surface area is 136 Å². The highest BCUT2D eigenvalue weighted by Crippen LogP contribution is 2.37. The van der Waals surface area contributed by atoms with Crippen molar-refractivity contribution >= 4 is 5.97 Å². The van der Waals surface area contributed by atoms with Gasteiger partial charge in [0.25, 0.3) is 0 Å². The third-order valence-electron chi connectivity index (χ3n) is 3.92. The smallest absolute Gasteiger partial charge is 0.417 e. The van der Waals surface area contributed by atoms with Crippen molar-refractivity contribution in [1.29, 1.82) is 0 Å². The van der Waals surface area contributed by atoms with Crippen LogP contribution in [0.1, 0.15) is 24.2 Å². The first-order valence-corrected chi connectivity index (χ1v) is 7.56. The number of nitrogens with zero attached hydrogens (tertiary/aromatic N) is 1. The van der Waals surface area contributed by atoms with Gasteiger partial charge in [-0.25, -0.2) is 0 Å². The largest absolute Gasteiger partial charge is 0.480 e. The molecule has 0 bridgehead atoms. The second-order valence-electron chi connectivity index (χ2n) is 5.84. The van der Waals surface area contributed by atoms with Crippen LogP contribution in [-0.2, 0) is 17.5 Å². The van der Waals surface area contributed by atoms with E-state index in [9.17, 15) is 18.0 Å². The minimum atomic E-state index is -4.47. The second-order valence-corrected chi connectivity index (χ2v) is 5.84. The van der Waals surface area contributed by atoms with Gasteiger partial charge in [-0.05, 0) is 31.0 Å². The third kappa shape index (κ3) is 3.79. The van der Waals surface area contributed by atoms with Crippen molar-refractivity contribution in [3.8, 4) is 11.3 Å².